The zero-order valence-corrected chi connectivity index (χ0v) is 16.2. The summed E-state index contributed by atoms with van der Waals surface area (Å²) in [4.78, 5) is 31.5. The molecule has 2 heterocycles. The number of anilines is 1. The number of benzene rings is 2. The summed E-state index contributed by atoms with van der Waals surface area (Å²) in [6, 6.07) is 15.4. The number of ether oxygens (including phenoxy) is 1. The monoisotopic (exact) mass is 439 g/mol. The summed E-state index contributed by atoms with van der Waals surface area (Å²) in [6.45, 7) is 0. The lowest BCUT2D eigenvalue weighted by atomic mass is 10.2. The number of rotatable bonds is 4. The summed E-state index contributed by atoms with van der Waals surface area (Å²) in [7, 11) is 1.59. The van der Waals surface area contributed by atoms with Crippen LogP contribution in [-0.2, 0) is 0 Å². The fourth-order valence-electron chi connectivity index (χ4n) is 2.66. The predicted octanol–water partition coefficient (Wildman–Crippen LogP) is 3.11. The second-order valence-electron chi connectivity index (χ2n) is 5.88. The number of nitrogens with zero attached hydrogens (tertiary/aromatic N) is 3. The maximum atomic E-state index is 12.5. The average Bonchev–Trinajstić information content (AvgIpc) is 3.12. The van der Waals surface area contributed by atoms with Crippen LogP contribution in [0.1, 0.15) is 10.4 Å². The van der Waals surface area contributed by atoms with E-state index in [2.05, 4.69) is 36.3 Å². The van der Waals surface area contributed by atoms with Gasteiger partial charge in [-0.3, -0.25) is 14.6 Å². The third-order valence-electron chi connectivity index (χ3n) is 4.01. The molecule has 1 amide bonds. The molecule has 0 bridgehead atoms. The lowest BCUT2D eigenvalue weighted by molar-refractivity contribution is 0.102. The van der Waals surface area contributed by atoms with Crippen molar-refractivity contribution >= 4 is 33.4 Å². The van der Waals surface area contributed by atoms with Gasteiger partial charge in [0.2, 0.25) is 5.78 Å². The van der Waals surface area contributed by atoms with Gasteiger partial charge in [-0.15, -0.1) is 5.10 Å². The third kappa shape index (κ3) is 3.52. The number of hydrogen-bond donors (Lipinski definition) is 2. The molecule has 0 saturated carbocycles. The molecule has 9 heteroatoms. The van der Waals surface area contributed by atoms with E-state index < -0.39 is 5.56 Å². The first-order chi connectivity index (χ1) is 13.5. The molecule has 2 N–H and O–H groups in total. The van der Waals surface area contributed by atoms with Crippen molar-refractivity contribution in [3.63, 3.8) is 0 Å². The lowest BCUT2D eigenvalue weighted by Gasteiger charge is -2.06. The van der Waals surface area contributed by atoms with Crippen molar-refractivity contribution in [2.24, 2.45) is 0 Å². The van der Waals surface area contributed by atoms with Crippen LogP contribution < -0.4 is 15.6 Å². The Morgan fingerprint density at radius 2 is 1.96 bits per heavy atom. The van der Waals surface area contributed by atoms with Crippen molar-refractivity contribution in [3.8, 4) is 17.1 Å². The molecule has 140 valence electrons. The van der Waals surface area contributed by atoms with Gasteiger partial charge in [-0.1, -0.05) is 22.0 Å². The standard InChI is InChI=1S/C19H14BrN5O3/c1-28-14-7-5-11(6-8-14)17-23-19-22-16(26)10-15(25(19)24-17)21-18(27)12-3-2-4-13(20)9-12/h2-10H,1H3,(H,21,27)(H,22,23,24,26). The predicted molar refractivity (Wildman–Crippen MR) is 108 cm³/mol. The Hall–Kier alpha value is -3.46. The molecule has 4 rings (SSSR count). The van der Waals surface area contributed by atoms with Crippen molar-refractivity contribution in [3.05, 3.63) is 75.0 Å². The molecule has 0 spiro atoms. The smallest absolute Gasteiger partial charge is 0.256 e. The molecule has 28 heavy (non-hydrogen) atoms. The number of hydrogen-bond acceptors (Lipinski definition) is 5. The van der Waals surface area contributed by atoms with Gasteiger partial charge >= 0.3 is 0 Å². The summed E-state index contributed by atoms with van der Waals surface area (Å²) in [5, 5.41) is 7.13. The van der Waals surface area contributed by atoms with Gasteiger partial charge in [-0.25, -0.2) is 0 Å². The van der Waals surface area contributed by atoms with E-state index >= 15 is 0 Å². The molecular weight excluding hydrogens is 426 g/mol. The van der Waals surface area contributed by atoms with Crippen LogP contribution >= 0.6 is 15.9 Å². The van der Waals surface area contributed by atoms with E-state index in [-0.39, 0.29) is 17.5 Å². The van der Waals surface area contributed by atoms with Crippen LogP contribution in [0.25, 0.3) is 17.2 Å². The quantitative estimate of drug-likeness (QED) is 0.508. The first-order valence-electron chi connectivity index (χ1n) is 8.25. The normalized spacial score (nSPS) is 10.8. The molecule has 0 saturated heterocycles. The number of amides is 1. The summed E-state index contributed by atoms with van der Waals surface area (Å²) >= 11 is 3.34. The van der Waals surface area contributed by atoms with E-state index in [0.29, 0.717) is 17.1 Å². The average molecular weight is 440 g/mol. The van der Waals surface area contributed by atoms with Crippen LogP contribution in [-0.4, -0.2) is 32.6 Å². The van der Waals surface area contributed by atoms with Crippen LogP contribution in [0.3, 0.4) is 0 Å². The lowest BCUT2D eigenvalue weighted by Crippen LogP contribution is -2.18. The zero-order valence-electron chi connectivity index (χ0n) is 14.6. The van der Waals surface area contributed by atoms with Crippen LogP contribution in [0.5, 0.6) is 5.75 Å². The molecule has 0 atom stereocenters. The minimum absolute atomic E-state index is 0.219. The Kier molecular flexibility index (Phi) is 4.66. The van der Waals surface area contributed by atoms with Crippen molar-refractivity contribution in [2.75, 3.05) is 12.4 Å². The van der Waals surface area contributed by atoms with Crippen molar-refractivity contribution in [2.45, 2.75) is 0 Å². The fraction of sp³-hybridized carbons (Fsp3) is 0.0526. The SMILES string of the molecule is COc1ccc(-c2nc3[nH]c(=O)cc(NC(=O)c4cccc(Br)c4)n3n2)cc1. The number of aromatic amines is 1. The molecule has 8 nitrogen and oxygen atoms in total. The van der Waals surface area contributed by atoms with E-state index in [0.717, 1.165) is 10.0 Å². The summed E-state index contributed by atoms with van der Waals surface area (Å²) in [5.74, 6) is 1.19. The Balaban J connectivity index is 1.73. The van der Waals surface area contributed by atoms with Gasteiger partial charge in [0.05, 0.1) is 7.11 Å². The number of aromatic nitrogens is 4. The number of carbonyl (C=O) groups is 1. The fourth-order valence-corrected chi connectivity index (χ4v) is 3.06. The highest BCUT2D eigenvalue weighted by molar-refractivity contribution is 9.10. The summed E-state index contributed by atoms with van der Waals surface area (Å²) < 4.78 is 7.31. The van der Waals surface area contributed by atoms with Crippen LogP contribution in [0.2, 0.25) is 0 Å². The van der Waals surface area contributed by atoms with Crippen molar-refractivity contribution in [1.29, 1.82) is 0 Å². The molecular formula is C19H14BrN5O3. The van der Waals surface area contributed by atoms with Gasteiger partial charge in [0.15, 0.2) is 5.82 Å². The topological polar surface area (TPSA) is 101 Å². The maximum Gasteiger partial charge on any atom is 0.256 e. The first-order valence-corrected chi connectivity index (χ1v) is 9.04. The second kappa shape index (κ2) is 7.28. The van der Waals surface area contributed by atoms with E-state index in [9.17, 15) is 9.59 Å². The third-order valence-corrected chi connectivity index (χ3v) is 4.51. The number of halogens is 1. The molecule has 4 aromatic rings. The molecule has 0 unspecified atom stereocenters. The molecule has 0 radical (unpaired) electrons. The van der Waals surface area contributed by atoms with Crippen LogP contribution in [0.4, 0.5) is 5.82 Å². The highest BCUT2D eigenvalue weighted by Crippen LogP contribution is 2.21. The Bertz CT molecular complexity index is 1230. The van der Waals surface area contributed by atoms with Crippen molar-refractivity contribution < 1.29 is 9.53 Å². The van der Waals surface area contributed by atoms with Crippen LogP contribution in [0.15, 0.2) is 63.9 Å². The first kappa shape index (κ1) is 17.9. The van der Waals surface area contributed by atoms with Gasteiger partial charge in [-0.2, -0.15) is 9.50 Å². The molecule has 2 aromatic carbocycles. The molecule has 0 aliphatic carbocycles. The van der Waals surface area contributed by atoms with Gasteiger partial charge in [-0.05, 0) is 42.5 Å². The molecule has 0 aliphatic heterocycles. The van der Waals surface area contributed by atoms with E-state index in [4.69, 9.17) is 4.74 Å². The Labute approximate surface area is 167 Å². The van der Waals surface area contributed by atoms with Crippen LogP contribution in [0, 0.1) is 0 Å². The largest absolute Gasteiger partial charge is 0.497 e. The number of methoxy groups -OCH3 is 1. The summed E-state index contributed by atoms with van der Waals surface area (Å²) in [6.07, 6.45) is 0. The maximum absolute atomic E-state index is 12.5. The number of fused-ring (bicyclic) bond motifs is 1. The molecule has 0 fully saturated rings. The van der Waals surface area contributed by atoms with Crippen molar-refractivity contribution in [1.82, 2.24) is 19.6 Å². The van der Waals surface area contributed by atoms with E-state index in [1.807, 2.05) is 18.2 Å². The van der Waals surface area contributed by atoms with Gasteiger partial charge in [0.1, 0.15) is 11.6 Å². The Morgan fingerprint density at radius 3 is 2.68 bits per heavy atom. The van der Waals surface area contributed by atoms with E-state index in [1.54, 1.807) is 37.4 Å². The highest BCUT2D eigenvalue weighted by atomic mass is 79.9. The summed E-state index contributed by atoms with van der Waals surface area (Å²) in [5.41, 5.74) is 0.790. The minimum Gasteiger partial charge on any atom is -0.497 e. The number of nitrogens with one attached hydrogen (secondary N) is 2. The van der Waals surface area contributed by atoms with Gasteiger partial charge in [0, 0.05) is 21.7 Å². The van der Waals surface area contributed by atoms with Gasteiger partial charge in [0.25, 0.3) is 11.5 Å². The zero-order chi connectivity index (χ0) is 19.7. The van der Waals surface area contributed by atoms with E-state index in [1.165, 1.54) is 10.6 Å². The molecule has 0 aliphatic rings. The minimum atomic E-state index is -0.397. The number of carbonyl (C=O) groups excluding carboxylic acids is 1. The number of H-pyrrole nitrogens is 1. The molecule has 2 aromatic heterocycles. The van der Waals surface area contributed by atoms with Gasteiger partial charge < -0.3 is 10.1 Å². The second-order valence-corrected chi connectivity index (χ2v) is 6.80. The highest BCUT2D eigenvalue weighted by Gasteiger charge is 2.14. The Morgan fingerprint density at radius 1 is 1.18 bits per heavy atom.